The molecule has 154 valence electrons. The standard InChI is InChI=1S/C18H22FN7O3/c19-14-4-3-5-15(12-14)25-18(29)26(21-20-25)17(28)24-10-8-23(9-11-24)16(13-27)22-6-1-2-7-22/h3-5,12-13,16H,1-2,6-11H2. The molecule has 1 aromatic carbocycles. The van der Waals surface area contributed by atoms with Gasteiger partial charge in [0.05, 0.1) is 5.69 Å². The van der Waals surface area contributed by atoms with Gasteiger partial charge in [-0.15, -0.1) is 4.68 Å². The summed E-state index contributed by atoms with van der Waals surface area (Å²) < 4.78 is 15.0. The molecule has 0 aliphatic carbocycles. The third-order valence-corrected chi connectivity index (χ3v) is 5.41. The van der Waals surface area contributed by atoms with E-state index in [0.717, 1.165) is 43.0 Å². The average molecular weight is 403 g/mol. The maximum atomic E-state index is 13.4. The Morgan fingerprint density at radius 2 is 1.72 bits per heavy atom. The van der Waals surface area contributed by atoms with Crippen LogP contribution in [0.15, 0.2) is 29.1 Å². The lowest BCUT2D eigenvalue weighted by Crippen LogP contribution is -2.58. The maximum absolute atomic E-state index is 13.4. The molecule has 2 aromatic rings. The highest BCUT2D eigenvalue weighted by atomic mass is 19.1. The molecule has 1 atom stereocenters. The Labute approximate surface area is 166 Å². The summed E-state index contributed by atoms with van der Waals surface area (Å²) in [7, 11) is 0. The molecule has 0 saturated carbocycles. The smallest absolute Gasteiger partial charge is 0.320 e. The summed E-state index contributed by atoms with van der Waals surface area (Å²) >= 11 is 0. The van der Waals surface area contributed by atoms with E-state index < -0.39 is 17.5 Å². The van der Waals surface area contributed by atoms with Gasteiger partial charge in [-0.25, -0.2) is 14.0 Å². The van der Waals surface area contributed by atoms with Gasteiger partial charge in [0.1, 0.15) is 12.0 Å². The Morgan fingerprint density at radius 3 is 2.38 bits per heavy atom. The molecule has 0 radical (unpaired) electrons. The predicted octanol–water partition coefficient (Wildman–Crippen LogP) is -0.225. The van der Waals surface area contributed by atoms with Crippen LogP contribution in [0.2, 0.25) is 0 Å². The predicted molar refractivity (Wildman–Crippen MR) is 100 cm³/mol. The van der Waals surface area contributed by atoms with Crippen LogP contribution >= 0.6 is 0 Å². The number of tetrazole rings is 1. The molecule has 2 saturated heterocycles. The number of amides is 1. The highest BCUT2D eigenvalue weighted by Crippen LogP contribution is 2.16. The number of rotatable bonds is 4. The van der Waals surface area contributed by atoms with Gasteiger partial charge in [-0.05, 0) is 41.5 Å². The normalized spacial score (nSPS) is 19.4. The monoisotopic (exact) mass is 403 g/mol. The molecule has 2 aliphatic heterocycles. The summed E-state index contributed by atoms with van der Waals surface area (Å²) in [5.74, 6) is -0.519. The van der Waals surface area contributed by atoms with Crippen molar-refractivity contribution in [1.29, 1.82) is 0 Å². The Kier molecular flexibility index (Phi) is 5.49. The summed E-state index contributed by atoms with van der Waals surface area (Å²) in [6, 6.07) is 4.76. The zero-order chi connectivity index (χ0) is 20.4. The minimum atomic E-state index is -0.758. The number of aromatic nitrogens is 4. The minimum Gasteiger partial charge on any atom is -0.320 e. The molecular formula is C18H22FN7O3. The van der Waals surface area contributed by atoms with Crippen molar-refractivity contribution in [2.24, 2.45) is 0 Å². The maximum Gasteiger partial charge on any atom is 0.377 e. The van der Waals surface area contributed by atoms with Gasteiger partial charge in [0, 0.05) is 39.3 Å². The fourth-order valence-corrected chi connectivity index (χ4v) is 3.86. The molecule has 4 rings (SSSR count). The first-order valence-electron chi connectivity index (χ1n) is 9.62. The van der Waals surface area contributed by atoms with E-state index in [1.165, 1.54) is 23.1 Å². The first kappa shape index (κ1) is 19.4. The largest absolute Gasteiger partial charge is 0.377 e. The van der Waals surface area contributed by atoms with E-state index >= 15 is 0 Å². The van der Waals surface area contributed by atoms with E-state index in [-0.39, 0.29) is 11.9 Å². The number of hydrogen-bond acceptors (Lipinski definition) is 7. The van der Waals surface area contributed by atoms with Crippen molar-refractivity contribution in [3.8, 4) is 5.69 Å². The molecular weight excluding hydrogens is 381 g/mol. The van der Waals surface area contributed by atoms with Crippen molar-refractivity contribution in [2.75, 3.05) is 39.3 Å². The molecule has 0 spiro atoms. The number of likely N-dealkylation sites (tertiary alicyclic amines) is 1. The highest BCUT2D eigenvalue weighted by molar-refractivity contribution is 5.75. The summed E-state index contributed by atoms with van der Waals surface area (Å²) in [6.45, 7) is 3.60. The van der Waals surface area contributed by atoms with Crippen LogP contribution in [0.4, 0.5) is 9.18 Å². The molecule has 2 fully saturated rings. The number of carbonyl (C=O) groups is 2. The van der Waals surface area contributed by atoms with Crippen LogP contribution in [0, 0.1) is 5.82 Å². The zero-order valence-corrected chi connectivity index (χ0v) is 15.9. The topological polar surface area (TPSA) is 96.6 Å². The molecule has 10 nitrogen and oxygen atoms in total. The van der Waals surface area contributed by atoms with Crippen molar-refractivity contribution in [1.82, 2.24) is 34.5 Å². The fraction of sp³-hybridized carbons (Fsp3) is 0.500. The zero-order valence-electron chi connectivity index (χ0n) is 15.9. The third kappa shape index (κ3) is 3.83. The van der Waals surface area contributed by atoms with Crippen molar-refractivity contribution in [3.05, 3.63) is 40.6 Å². The summed E-state index contributed by atoms with van der Waals surface area (Å²) in [5, 5.41) is 7.35. The van der Waals surface area contributed by atoms with Crippen molar-refractivity contribution < 1.29 is 14.0 Å². The van der Waals surface area contributed by atoms with Gasteiger partial charge in [-0.2, -0.15) is 4.68 Å². The molecule has 0 N–H and O–H groups in total. The first-order valence-corrected chi connectivity index (χ1v) is 9.62. The SMILES string of the molecule is O=CC(N1CCCC1)N1CCN(C(=O)n2nnn(-c3cccc(F)c3)c2=O)CC1. The van der Waals surface area contributed by atoms with Gasteiger partial charge >= 0.3 is 11.7 Å². The highest BCUT2D eigenvalue weighted by Gasteiger charge is 2.32. The van der Waals surface area contributed by atoms with E-state index in [0.29, 0.717) is 30.9 Å². The molecule has 3 heterocycles. The van der Waals surface area contributed by atoms with Gasteiger partial charge < -0.3 is 9.69 Å². The van der Waals surface area contributed by atoms with E-state index in [1.807, 2.05) is 0 Å². The second-order valence-corrected chi connectivity index (χ2v) is 7.16. The molecule has 29 heavy (non-hydrogen) atoms. The lowest BCUT2D eigenvalue weighted by atomic mass is 10.3. The number of halogens is 1. The second kappa shape index (κ2) is 8.21. The quantitative estimate of drug-likeness (QED) is 0.514. The van der Waals surface area contributed by atoms with Crippen molar-refractivity contribution in [2.45, 2.75) is 19.0 Å². The van der Waals surface area contributed by atoms with Gasteiger partial charge in [-0.1, -0.05) is 6.07 Å². The third-order valence-electron chi connectivity index (χ3n) is 5.41. The molecule has 11 heteroatoms. The Balaban J connectivity index is 1.44. The van der Waals surface area contributed by atoms with E-state index in [9.17, 15) is 18.8 Å². The average Bonchev–Trinajstić information content (AvgIpc) is 3.39. The summed E-state index contributed by atoms with van der Waals surface area (Å²) in [6.07, 6.45) is 2.86. The number of nitrogens with zero attached hydrogens (tertiary/aromatic N) is 7. The van der Waals surface area contributed by atoms with E-state index in [2.05, 4.69) is 20.2 Å². The van der Waals surface area contributed by atoms with Crippen LogP contribution < -0.4 is 5.69 Å². The van der Waals surface area contributed by atoms with E-state index in [4.69, 9.17) is 0 Å². The molecule has 0 bridgehead atoms. The Hall–Kier alpha value is -2.92. The number of benzene rings is 1. The minimum absolute atomic E-state index is 0.193. The molecule has 1 aromatic heterocycles. The fourth-order valence-electron chi connectivity index (χ4n) is 3.86. The van der Waals surface area contributed by atoms with Crippen LogP contribution in [-0.4, -0.2) is 92.2 Å². The Bertz CT molecular complexity index is 945. The molecule has 1 amide bonds. The summed E-state index contributed by atoms with van der Waals surface area (Å²) in [4.78, 5) is 42.5. The van der Waals surface area contributed by atoms with Crippen LogP contribution in [0.25, 0.3) is 5.69 Å². The van der Waals surface area contributed by atoms with Gasteiger partial charge in [0.15, 0.2) is 6.29 Å². The van der Waals surface area contributed by atoms with E-state index in [1.54, 1.807) is 0 Å². The van der Waals surface area contributed by atoms with Crippen molar-refractivity contribution in [3.63, 3.8) is 0 Å². The number of aldehydes is 1. The van der Waals surface area contributed by atoms with Gasteiger partial charge in [-0.3, -0.25) is 9.80 Å². The first-order chi connectivity index (χ1) is 14.1. The van der Waals surface area contributed by atoms with Crippen LogP contribution in [0.3, 0.4) is 0 Å². The summed E-state index contributed by atoms with van der Waals surface area (Å²) in [5.41, 5.74) is -0.566. The lowest BCUT2D eigenvalue weighted by molar-refractivity contribution is -0.119. The Morgan fingerprint density at radius 1 is 1.03 bits per heavy atom. The van der Waals surface area contributed by atoms with Crippen LogP contribution in [0.1, 0.15) is 12.8 Å². The van der Waals surface area contributed by atoms with Gasteiger partial charge in [0.2, 0.25) is 0 Å². The lowest BCUT2D eigenvalue weighted by Gasteiger charge is -2.39. The van der Waals surface area contributed by atoms with Gasteiger partial charge in [0.25, 0.3) is 0 Å². The second-order valence-electron chi connectivity index (χ2n) is 7.16. The van der Waals surface area contributed by atoms with Crippen molar-refractivity contribution >= 4 is 12.3 Å². The van der Waals surface area contributed by atoms with Crippen LogP contribution in [-0.2, 0) is 4.79 Å². The number of piperazine rings is 1. The molecule has 1 unspecified atom stereocenters. The number of carbonyl (C=O) groups excluding carboxylic acids is 2. The van der Waals surface area contributed by atoms with Crippen LogP contribution in [0.5, 0.6) is 0 Å². The number of hydrogen-bond donors (Lipinski definition) is 0. The molecule has 2 aliphatic rings.